The fourth-order valence-corrected chi connectivity index (χ4v) is 1.30. The van der Waals surface area contributed by atoms with E-state index in [9.17, 15) is 4.79 Å². The maximum absolute atomic E-state index is 10.9. The second kappa shape index (κ2) is 8.55. The van der Waals surface area contributed by atoms with Gasteiger partial charge in [0.25, 0.3) is 0 Å². The number of benzene rings is 1. The van der Waals surface area contributed by atoms with Gasteiger partial charge < -0.3 is 10.1 Å². The monoisotopic (exact) mass is 238 g/mol. The van der Waals surface area contributed by atoms with Crippen LogP contribution < -0.4 is 10.8 Å². The molecule has 0 radical (unpaired) electrons. The largest absolute Gasteiger partial charge is 0.379 e. The summed E-state index contributed by atoms with van der Waals surface area (Å²) in [4.78, 5) is 15.3. The lowest BCUT2D eigenvalue weighted by Gasteiger charge is -2.06. The van der Waals surface area contributed by atoms with Gasteiger partial charge in [0.15, 0.2) is 0 Å². The standard InChI is InChI=1S/C12H18N2O3/c1-16-14-12(15)13-8-10-17-9-7-11-5-3-2-4-6-11/h2-6H,7-10H2,1H3,(H2,13,14,15). The van der Waals surface area contributed by atoms with E-state index in [0.29, 0.717) is 19.8 Å². The number of rotatable bonds is 7. The van der Waals surface area contributed by atoms with Crippen molar-refractivity contribution in [2.45, 2.75) is 6.42 Å². The summed E-state index contributed by atoms with van der Waals surface area (Å²) in [5.74, 6) is 0. The van der Waals surface area contributed by atoms with Gasteiger partial charge in [-0.25, -0.2) is 10.3 Å². The molecule has 0 aliphatic heterocycles. The van der Waals surface area contributed by atoms with Gasteiger partial charge in [0.2, 0.25) is 0 Å². The molecule has 5 nitrogen and oxygen atoms in total. The highest BCUT2D eigenvalue weighted by atomic mass is 16.6. The fraction of sp³-hybridized carbons (Fsp3) is 0.417. The lowest BCUT2D eigenvalue weighted by molar-refractivity contribution is 0.103. The van der Waals surface area contributed by atoms with E-state index in [1.807, 2.05) is 18.2 Å². The van der Waals surface area contributed by atoms with E-state index >= 15 is 0 Å². The Morgan fingerprint density at radius 1 is 1.24 bits per heavy atom. The molecule has 0 saturated heterocycles. The smallest absolute Gasteiger partial charge is 0.338 e. The Morgan fingerprint density at radius 3 is 2.71 bits per heavy atom. The number of hydroxylamine groups is 1. The first-order valence-electron chi connectivity index (χ1n) is 5.51. The minimum Gasteiger partial charge on any atom is -0.379 e. The zero-order valence-corrected chi connectivity index (χ0v) is 9.94. The number of hydrogen-bond donors (Lipinski definition) is 2. The van der Waals surface area contributed by atoms with Gasteiger partial charge in [-0.3, -0.25) is 4.84 Å². The summed E-state index contributed by atoms with van der Waals surface area (Å²) in [7, 11) is 1.38. The van der Waals surface area contributed by atoms with Crippen LogP contribution in [0.4, 0.5) is 4.79 Å². The Hall–Kier alpha value is -1.59. The van der Waals surface area contributed by atoms with Crippen LogP contribution in [0.5, 0.6) is 0 Å². The van der Waals surface area contributed by atoms with Gasteiger partial charge in [0.1, 0.15) is 0 Å². The van der Waals surface area contributed by atoms with Crippen molar-refractivity contribution in [3.05, 3.63) is 35.9 Å². The van der Waals surface area contributed by atoms with Crippen LogP contribution in [0.25, 0.3) is 0 Å². The molecular weight excluding hydrogens is 220 g/mol. The van der Waals surface area contributed by atoms with Crippen molar-refractivity contribution in [3.63, 3.8) is 0 Å². The summed E-state index contributed by atoms with van der Waals surface area (Å²) in [6.07, 6.45) is 0.880. The maximum Gasteiger partial charge on any atom is 0.338 e. The summed E-state index contributed by atoms with van der Waals surface area (Å²) < 4.78 is 5.38. The molecule has 0 aliphatic rings. The SMILES string of the molecule is CONC(=O)NCCOCCc1ccccc1. The van der Waals surface area contributed by atoms with Crippen LogP contribution in [-0.4, -0.2) is 32.9 Å². The molecule has 0 saturated carbocycles. The first kappa shape index (κ1) is 13.5. The van der Waals surface area contributed by atoms with E-state index < -0.39 is 0 Å². The molecule has 0 bridgehead atoms. The van der Waals surface area contributed by atoms with E-state index in [4.69, 9.17) is 4.74 Å². The van der Waals surface area contributed by atoms with Crippen LogP contribution >= 0.6 is 0 Å². The maximum atomic E-state index is 10.9. The molecule has 0 aliphatic carbocycles. The highest BCUT2D eigenvalue weighted by Gasteiger charge is 1.97. The van der Waals surface area contributed by atoms with Crippen LogP contribution in [0.2, 0.25) is 0 Å². The minimum absolute atomic E-state index is 0.362. The average Bonchev–Trinajstić information content (AvgIpc) is 2.35. The second-order valence-corrected chi connectivity index (χ2v) is 3.41. The third-order valence-electron chi connectivity index (χ3n) is 2.10. The predicted molar refractivity (Wildman–Crippen MR) is 64.5 cm³/mol. The molecule has 1 aromatic rings. The summed E-state index contributed by atoms with van der Waals surface area (Å²) >= 11 is 0. The Kier molecular flexibility index (Phi) is 6.78. The molecule has 5 heteroatoms. The van der Waals surface area contributed by atoms with E-state index in [0.717, 1.165) is 6.42 Å². The average molecular weight is 238 g/mol. The van der Waals surface area contributed by atoms with Crippen LogP contribution in [0, 0.1) is 0 Å². The Morgan fingerprint density at radius 2 is 2.00 bits per heavy atom. The molecule has 1 rings (SSSR count). The van der Waals surface area contributed by atoms with Crippen molar-refractivity contribution in [2.75, 3.05) is 26.9 Å². The molecule has 0 unspecified atom stereocenters. The normalized spacial score (nSPS) is 9.94. The van der Waals surface area contributed by atoms with Gasteiger partial charge in [0.05, 0.1) is 20.3 Å². The van der Waals surface area contributed by atoms with E-state index in [-0.39, 0.29) is 6.03 Å². The van der Waals surface area contributed by atoms with Crippen LogP contribution in [0.3, 0.4) is 0 Å². The van der Waals surface area contributed by atoms with Gasteiger partial charge in [-0.1, -0.05) is 30.3 Å². The number of ether oxygens (including phenoxy) is 1. The Labute approximate surface area is 101 Å². The summed E-state index contributed by atoms with van der Waals surface area (Å²) in [6, 6.07) is 9.77. The molecule has 17 heavy (non-hydrogen) atoms. The van der Waals surface area contributed by atoms with Crippen molar-refractivity contribution < 1.29 is 14.4 Å². The first-order valence-corrected chi connectivity index (χ1v) is 5.51. The number of hydrogen-bond acceptors (Lipinski definition) is 3. The second-order valence-electron chi connectivity index (χ2n) is 3.41. The topological polar surface area (TPSA) is 59.6 Å². The number of nitrogens with one attached hydrogen (secondary N) is 2. The van der Waals surface area contributed by atoms with Gasteiger partial charge >= 0.3 is 6.03 Å². The number of amides is 2. The summed E-state index contributed by atoms with van der Waals surface area (Å²) in [5.41, 5.74) is 3.40. The van der Waals surface area contributed by atoms with E-state index in [1.165, 1.54) is 12.7 Å². The van der Waals surface area contributed by atoms with Crippen molar-refractivity contribution in [2.24, 2.45) is 0 Å². The third kappa shape index (κ3) is 6.55. The molecule has 94 valence electrons. The van der Waals surface area contributed by atoms with Crippen molar-refractivity contribution in [1.82, 2.24) is 10.8 Å². The Bertz CT molecular complexity index is 317. The van der Waals surface area contributed by atoms with E-state index in [2.05, 4.69) is 27.8 Å². The predicted octanol–water partition coefficient (Wildman–Crippen LogP) is 1.11. The molecule has 0 fully saturated rings. The summed E-state index contributed by atoms with van der Waals surface area (Å²) in [6.45, 7) is 1.60. The molecular formula is C12H18N2O3. The zero-order chi connectivity index (χ0) is 12.3. The lowest BCUT2D eigenvalue weighted by atomic mass is 10.2. The lowest BCUT2D eigenvalue weighted by Crippen LogP contribution is -2.36. The number of carbonyl (C=O) groups excluding carboxylic acids is 1. The first-order chi connectivity index (χ1) is 8.33. The van der Waals surface area contributed by atoms with E-state index in [1.54, 1.807) is 0 Å². The number of carbonyl (C=O) groups is 1. The highest BCUT2D eigenvalue weighted by Crippen LogP contribution is 1.99. The van der Waals surface area contributed by atoms with Gasteiger partial charge in [0, 0.05) is 6.54 Å². The van der Waals surface area contributed by atoms with Gasteiger partial charge in [-0.05, 0) is 12.0 Å². The fourth-order valence-electron chi connectivity index (χ4n) is 1.30. The van der Waals surface area contributed by atoms with Crippen LogP contribution in [-0.2, 0) is 16.0 Å². The molecule has 2 amide bonds. The van der Waals surface area contributed by atoms with Crippen molar-refractivity contribution >= 4 is 6.03 Å². The minimum atomic E-state index is -0.362. The highest BCUT2D eigenvalue weighted by molar-refractivity contribution is 5.72. The summed E-state index contributed by atoms with van der Waals surface area (Å²) in [5, 5.41) is 2.58. The zero-order valence-electron chi connectivity index (χ0n) is 9.94. The molecule has 1 aromatic carbocycles. The molecule has 0 heterocycles. The quantitative estimate of drug-likeness (QED) is 0.552. The van der Waals surface area contributed by atoms with Crippen molar-refractivity contribution in [1.29, 1.82) is 0 Å². The molecule has 0 aromatic heterocycles. The third-order valence-corrected chi connectivity index (χ3v) is 2.10. The number of urea groups is 1. The van der Waals surface area contributed by atoms with Gasteiger partial charge in [-0.15, -0.1) is 0 Å². The van der Waals surface area contributed by atoms with Crippen LogP contribution in [0.15, 0.2) is 30.3 Å². The molecule has 0 atom stereocenters. The van der Waals surface area contributed by atoms with Crippen LogP contribution in [0.1, 0.15) is 5.56 Å². The van der Waals surface area contributed by atoms with Crippen molar-refractivity contribution in [3.8, 4) is 0 Å². The van der Waals surface area contributed by atoms with Gasteiger partial charge in [-0.2, -0.15) is 0 Å². The Balaban J connectivity index is 1.96. The molecule has 2 N–H and O–H groups in total. The molecule has 0 spiro atoms.